The fourth-order valence-electron chi connectivity index (χ4n) is 4.71. The average molecular weight is 466 g/mol. The van der Waals surface area contributed by atoms with E-state index in [1.165, 1.54) is 13.2 Å². The number of hydrogen-bond acceptors (Lipinski definition) is 6. The van der Waals surface area contributed by atoms with Crippen molar-refractivity contribution in [1.29, 1.82) is 0 Å². The van der Waals surface area contributed by atoms with E-state index >= 15 is 0 Å². The van der Waals surface area contributed by atoms with E-state index in [9.17, 15) is 9.18 Å². The number of rotatable bonds is 6. The summed E-state index contributed by atoms with van der Waals surface area (Å²) in [7, 11) is 1.46. The Labute approximate surface area is 197 Å². The maximum atomic E-state index is 13.9. The molecule has 0 unspecified atom stereocenters. The smallest absolute Gasteiger partial charge is 0.410 e. The second kappa shape index (κ2) is 11.0. The van der Waals surface area contributed by atoms with Gasteiger partial charge in [0.05, 0.1) is 25.4 Å². The van der Waals surface area contributed by atoms with Crippen molar-refractivity contribution in [3.8, 4) is 5.75 Å². The summed E-state index contributed by atoms with van der Waals surface area (Å²) in [5, 5.41) is 0. The molecule has 2 saturated heterocycles. The van der Waals surface area contributed by atoms with Gasteiger partial charge in [-0.1, -0.05) is 6.07 Å². The normalized spacial score (nSPS) is 25.2. The fourth-order valence-corrected chi connectivity index (χ4v) is 4.71. The molecule has 0 aliphatic carbocycles. The van der Waals surface area contributed by atoms with E-state index in [0.717, 1.165) is 44.8 Å². The molecule has 0 saturated carbocycles. The Morgan fingerprint density at radius 2 is 1.76 bits per heavy atom. The number of carbonyl (C=O) groups excluding carboxylic acids is 1. The molecule has 1 aromatic rings. The minimum atomic E-state index is -0.554. The monoisotopic (exact) mass is 465 g/mol. The third kappa shape index (κ3) is 7.55. The van der Waals surface area contributed by atoms with E-state index in [0.29, 0.717) is 13.0 Å². The molecule has 0 spiro atoms. The second-order valence-corrected chi connectivity index (χ2v) is 10.3. The number of nitrogens with zero attached hydrogens (tertiary/aromatic N) is 3. The summed E-state index contributed by atoms with van der Waals surface area (Å²) in [4.78, 5) is 19.7. The maximum Gasteiger partial charge on any atom is 0.410 e. The number of piperazine rings is 1. The number of halogens is 1. The summed E-state index contributed by atoms with van der Waals surface area (Å²) < 4.78 is 30.6. The number of ether oxygens (including phenoxy) is 3. The van der Waals surface area contributed by atoms with Gasteiger partial charge in [0.1, 0.15) is 5.60 Å². The van der Waals surface area contributed by atoms with Gasteiger partial charge in [-0.2, -0.15) is 0 Å². The molecule has 3 rings (SSSR count). The second-order valence-electron chi connectivity index (χ2n) is 10.3. The lowest BCUT2D eigenvalue weighted by Crippen LogP contribution is -2.58. The molecule has 186 valence electrons. The van der Waals surface area contributed by atoms with Crippen LogP contribution in [0.5, 0.6) is 5.75 Å². The molecule has 0 radical (unpaired) electrons. The largest absolute Gasteiger partial charge is 0.494 e. The van der Waals surface area contributed by atoms with Crippen LogP contribution < -0.4 is 4.74 Å². The van der Waals surface area contributed by atoms with Crippen LogP contribution in [-0.4, -0.2) is 97.6 Å². The lowest BCUT2D eigenvalue weighted by atomic mass is 10.0. The highest BCUT2D eigenvalue weighted by Gasteiger charge is 2.34. The van der Waals surface area contributed by atoms with Crippen molar-refractivity contribution in [2.45, 2.75) is 64.9 Å². The van der Waals surface area contributed by atoms with Crippen molar-refractivity contribution >= 4 is 6.09 Å². The quantitative estimate of drug-likeness (QED) is 0.642. The molecule has 0 bridgehead atoms. The number of amides is 1. The van der Waals surface area contributed by atoms with Crippen molar-refractivity contribution in [2.24, 2.45) is 0 Å². The first kappa shape index (κ1) is 25.7. The van der Waals surface area contributed by atoms with Crippen LogP contribution >= 0.6 is 0 Å². The zero-order valence-electron chi connectivity index (χ0n) is 21.0. The predicted octanol–water partition coefficient (Wildman–Crippen LogP) is 3.41. The zero-order chi connectivity index (χ0) is 24.2. The topological polar surface area (TPSA) is 54.5 Å². The summed E-state index contributed by atoms with van der Waals surface area (Å²) in [6.07, 6.45) is 0.813. The maximum absolute atomic E-state index is 13.9. The molecule has 7 nitrogen and oxygen atoms in total. The average Bonchev–Trinajstić information content (AvgIpc) is 2.72. The summed E-state index contributed by atoms with van der Waals surface area (Å²) in [6, 6.07) is 4.85. The van der Waals surface area contributed by atoms with Crippen LogP contribution in [0.2, 0.25) is 0 Å². The first-order chi connectivity index (χ1) is 15.5. The third-order valence-corrected chi connectivity index (χ3v) is 6.11. The molecule has 2 fully saturated rings. The summed E-state index contributed by atoms with van der Waals surface area (Å²) in [5.74, 6) is -0.163. The molecule has 1 aromatic carbocycles. The van der Waals surface area contributed by atoms with Gasteiger partial charge in [0.2, 0.25) is 0 Å². The van der Waals surface area contributed by atoms with Crippen molar-refractivity contribution in [3.05, 3.63) is 29.6 Å². The van der Waals surface area contributed by atoms with Crippen LogP contribution in [0.4, 0.5) is 9.18 Å². The van der Waals surface area contributed by atoms with Crippen LogP contribution in [0, 0.1) is 5.82 Å². The number of methoxy groups -OCH3 is 1. The minimum Gasteiger partial charge on any atom is -0.494 e. The van der Waals surface area contributed by atoms with E-state index in [1.54, 1.807) is 12.1 Å². The lowest BCUT2D eigenvalue weighted by Gasteiger charge is -2.43. The molecule has 2 aliphatic rings. The Kier molecular flexibility index (Phi) is 8.59. The van der Waals surface area contributed by atoms with Crippen molar-refractivity contribution in [2.75, 3.05) is 52.9 Å². The highest BCUT2D eigenvalue weighted by Crippen LogP contribution is 2.23. The van der Waals surface area contributed by atoms with Gasteiger partial charge in [-0.25, -0.2) is 9.18 Å². The molecule has 2 aliphatic heterocycles. The Morgan fingerprint density at radius 1 is 1.09 bits per heavy atom. The fraction of sp³-hybridized carbons (Fsp3) is 0.720. The Hall–Kier alpha value is -1.90. The number of carbonyl (C=O) groups is 1. The van der Waals surface area contributed by atoms with E-state index in [4.69, 9.17) is 14.2 Å². The standard InChI is InChI=1S/C25H40FN3O4/c1-18-15-28(16-19(2)32-18)10-9-27-11-12-29(24(30)33-25(3,4)5)21(17-27)13-20-7-8-22(26)23(14-20)31-6/h7-8,14,18-19,21H,9-13,15-17H2,1-6H3/t18-,19+,21-/m1/s1. The Balaban J connectivity index is 1.68. The molecular weight excluding hydrogens is 425 g/mol. The van der Waals surface area contributed by atoms with Gasteiger partial charge < -0.3 is 19.1 Å². The van der Waals surface area contributed by atoms with Gasteiger partial charge in [-0.15, -0.1) is 0 Å². The first-order valence-electron chi connectivity index (χ1n) is 12.0. The van der Waals surface area contributed by atoms with Crippen molar-refractivity contribution in [3.63, 3.8) is 0 Å². The molecule has 1 amide bonds. The number of morpholine rings is 1. The molecule has 33 heavy (non-hydrogen) atoms. The SMILES string of the molecule is COc1cc(C[C@@H]2CN(CCN3C[C@@H](C)O[C@@H](C)C3)CCN2C(=O)OC(C)(C)C)ccc1F. The van der Waals surface area contributed by atoms with Gasteiger partial charge in [0, 0.05) is 45.8 Å². The Morgan fingerprint density at radius 3 is 2.39 bits per heavy atom. The lowest BCUT2D eigenvalue weighted by molar-refractivity contribution is -0.0706. The molecule has 8 heteroatoms. The predicted molar refractivity (Wildman–Crippen MR) is 126 cm³/mol. The van der Waals surface area contributed by atoms with Gasteiger partial charge in [0.15, 0.2) is 11.6 Å². The van der Waals surface area contributed by atoms with E-state index in [1.807, 2.05) is 25.7 Å². The summed E-state index contributed by atoms with van der Waals surface area (Å²) in [5.41, 5.74) is 0.381. The summed E-state index contributed by atoms with van der Waals surface area (Å²) >= 11 is 0. The zero-order valence-corrected chi connectivity index (χ0v) is 21.0. The van der Waals surface area contributed by atoms with Gasteiger partial charge in [-0.3, -0.25) is 9.80 Å². The molecular formula is C25H40FN3O4. The van der Waals surface area contributed by atoms with E-state index in [-0.39, 0.29) is 35.9 Å². The first-order valence-corrected chi connectivity index (χ1v) is 12.0. The summed E-state index contributed by atoms with van der Waals surface area (Å²) in [6.45, 7) is 15.8. The highest BCUT2D eigenvalue weighted by atomic mass is 19.1. The molecule has 2 heterocycles. The third-order valence-electron chi connectivity index (χ3n) is 6.11. The van der Waals surface area contributed by atoms with Crippen molar-refractivity contribution in [1.82, 2.24) is 14.7 Å². The minimum absolute atomic E-state index is 0.0636. The van der Waals surface area contributed by atoms with Gasteiger partial charge in [-0.05, 0) is 58.7 Å². The van der Waals surface area contributed by atoms with Crippen LogP contribution in [0.3, 0.4) is 0 Å². The van der Waals surface area contributed by atoms with Gasteiger partial charge in [0.25, 0.3) is 0 Å². The van der Waals surface area contributed by atoms with Crippen LogP contribution in [0.25, 0.3) is 0 Å². The Bertz CT molecular complexity index is 790. The van der Waals surface area contributed by atoms with Crippen molar-refractivity contribution < 1.29 is 23.4 Å². The van der Waals surface area contributed by atoms with Crippen LogP contribution in [0.1, 0.15) is 40.2 Å². The van der Waals surface area contributed by atoms with Crippen LogP contribution in [-0.2, 0) is 15.9 Å². The van der Waals surface area contributed by atoms with E-state index in [2.05, 4.69) is 23.6 Å². The van der Waals surface area contributed by atoms with Crippen LogP contribution in [0.15, 0.2) is 18.2 Å². The molecule has 0 N–H and O–H groups in total. The van der Waals surface area contributed by atoms with Gasteiger partial charge >= 0.3 is 6.09 Å². The molecule has 0 aromatic heterocycles. The molecule has 3 atom stereocenters. The highest BCUT2D eigenvalue weighted by molar-refractivity contribution is 5.69. The number of hydrogen-bond donors (Lipinski definition) is 0. The number of benzene rings is 1. The van der Waals surface area contributed by atoms with E-state index < -0.39 is 5.60 Å².